The zero-order valence-corrected chi connectivity index (χ0v) is 16.4. The number of aliphatic hydroxyl groups is 1. The van der Waals surface area contributed by atoms with Gasteiger partial charge in [-0.05, 0) is 40.5 Å². The maximum absolute atomic E-state index is 12.3. The molecule has 2 atom stereocenters. The summed E-state index contributed by atoms with van der Waals surface area (Å²) in [6, 6.07) is 2.67. The Morgan fingerprint density at radius 2 is 2.27 bits per heavy atom. The number of aromatic nitrogens is 1. The second kappa shape index (κ2) is 11.7. The van der Waals surface area contributed by atoms with Crippen molar-refractivity contribution < 1.29 is 29.5 Å². The van der Waals surface area contributed by atoms with Crippen LogP contribution >= 0.6 is 0 Å². The van der Waals surface area contributed by atoms with Gasteiger partial charge in [0.15, 0.2) is 0 Å². The lowest BCUT2D eigenvalue weighted by Gasteiger charge is -2.33. The van der Waals surface area contributed by atoms with Gasteiger partial charge < -0.3 is 30.0 Å². The molecule has 30 heavy (non-hydrogen) atoms. The SMILES string of the molecule is O=C(O)CCO/C=C\CN1C(=O)CCC[C@@H]1/C=C/C(O)Cc1ccc([N+](=O)[O-])nc1. The maximum Gasteiger partial charge on any atom is 0.363 e. The van der Waals surface area contributed by atoms with Crippen molar-refractivity contribution in [3.05, 3.63) is 58.5 Å². The Morgan fingerprint density at radius 1 is 1.47 bits per heavy atom. The number of aliphatic hydroxyl groups excluding tert-OH is 1. The van der Waals surface area contributed by atoms with Crippen molar-refractivity contribution >= 4 is 17.7 Å². The maximum atomic E-state index is 12.3. The van der Waals surface area contributed by atoms with Crippen LogP contribution in [-0.4, -0.2) is 62.2 Å². The van der Waals surface area contributed by atoms with Crippen molar-refractivity contribution in [1.82, 2.24) is 9.88 Å². The highest BCUT2D eigenvalue weighted by Crippen LogP contribution is 2.20. The number of hydrogen-bond acceptors (Lipinski definition) is 7. The van der Waals surface area contributed by atoms with E-state index in [9.17, 15) is 24.8 Å². The topological polar surface area (TPSA) is 143 Å². The second-order valence-electron chi connectivity index (χ2n) is 6.83. The molecule has 10 nitrogen and oxygen atoms in total. The molecule has 0 spiro atoms. The van der Waals surface area contributed by atoms with Crippen LogP contribution in [0.4, 0.5) is 5.82 Å². The monoisotopic (exact) mass is 419 g/mol. The Kier molecular flexibility index (Phi) is 8.95. The first-order valence-corrected chi connectivity index (χ1v) is 9.60. The van der Waals surface area contributed by atoms with Gasteiger partial charge in [-0.3, -0.25) is 9.59 Å². The summed E-state index contributed by atoms with van der Waals surface area (Å²) in [6.45, 7) is 0.385. The molecule has 2 rings (SSSR count). The van der Waals surface area contributed by atoms with Gasteiger partial charge >= 0.3 is 11.8 Å². The summed E-state index contributed by atoms with van der Waals surface area (Å²) >= 11 is 0. The van der Waals surface area contributed by atoms with E-state index in [-0.39, 0.29) is 37.2 Å². The molecule has 1 unspecified atom stereocenters. The lowest BCUT2D eigenvalue weighted by atomic mass is 10.00. The molecule has 1 amide bonds. The van der Waals surface area contributed by atoms with Crippen LogP contribution in [0.5, 0.6) is 0 Å². The molecule has 0 aromatic carbocycles. The molecule has 1 saturated heterocycles. The van der Waals surface area contributed by atoms with Gasteiger partial charge in [0.05, 0.1) is 31.4 Å². The molecule has 162 valence electrons. The first kappa shape index (κ1) is 23.0. The molecule has 1 aromatic rings. The fraction of sp³-hybridized carbons (Fsp3) is 0.450. The van der Waals surface area contributed by atoms with Gasteiger partial charge in [0.2, 0.25) is 5.91 Å². The van der Waals surface area contributed by atoms with Crippen LogP contribution in [0, 0.1) is 10.1 Å². The number of carbonyl (C=O) groups is 2. The van der Waals surface area contributed by atoms with Gasteiger partial charge in [0, 0.05) is 25.5 Å². The molecule has 1 aromatic heterocycles. The molecule has 0 aliphatic carbocycles. The Balaban J connectivity index is 1.88. The largest absolute Gasteiger partial charge is 0.501 e. The predicted molar refractivity (Wildman–Crippen MR) is 106 cm³/mol. The first-order chi connectivity index (χ1) is 14.4. The fourth-order valence-corrected chi connectivity index (χ4v) is 3.03. The van der Waals surface area contributed by atoms with E-state index in [1.54, 1.807) is 29.2 Å². The number of aliphatic carboxylic acids is 1. The van der Waals surface area contributed by atoms with Crippen LogP contribution < -0.4 is 0 Å². The van der Waals surface area contributed by atoms with Gasteiger partial charge in [-0.2, -0.15) is 0 Å². The van der Waals surface area contributed by atoms with Gasteiger partial charge in [0.1, 0.15) is 6.20 Å². The number of pyridine rings is 1. The third-order valence-corrected chi connectivity index (χ3v) is 4.54. The fourth-order valence-electron chi connectivity index (χ4n) is 3.03. The number of amides is 1. The summed E-state index contributed by atoms with van der Waals surface area (Å²) in [5.41, 5.74) is 0.663. The van der Waals surface area contributed by atoms with E-state index >= 15 is 0 Å². The Labute approximate surface area is 173 Å². The number of rotatable bonds is 11. The van der Waals surface area contributed by atoms with Gasteiger partial charge in [-0.1, -0.05) is 12.2 Å². The molecule has 1 fully saturated rings. The average Bonchev–Trinajstić information content (AvgIpc) is 2.70. The third-order valence-electron chi connectivity index (χ3n) is 4.54. The smallest absolute Gasteiger partial charge is 0.363 e. The minimum absolute atomic E-state index is 0.000134. The third kappa shape index (κ3) is 7.63. The van der Waals surface area contributed by atoms with E-state index in [2.05, 4.69) is 4.98 Å². The summed E-state index contributed by atoms with van der Waals surface area (Å²) in [4.78, 5) is 38.1. The summed E-state index contributed by atoms with van der Waals surface area (Å²) in [5.74, 6) is -1.19. The summed E-state index contributed by atoms with van der Waals surface area (Å²) in [6.07, 6.45) is 9.13. The molecule has 0 bridgehead atoms. The molecule has 1 aliphatic rings. The van der Waals surface area contributed by atoms with Crippen molar-refractivity contribution in [2.75, 3.05) is 13.2 Å². The van der Waals surface area contributed by atoms with E-state index in [1.807, 2.05) is 0 Å². The standard InChI is InChI=1S/C20H25N3O7/c24-17(13-15-5-8-18(21-14-15)23(28)29)7-6-16-3-1-4-19(25)22(16)10-2-11-30-12-9-20(26)27/h2,5-8,11,14,16-17,24H,1,3-4,9-10,12-13H2,(H,26,27)/b7-6+,11-2-/t16-,17?/m1/s1. The predicted octanol–water partition coefficient (Wildman–Crippen LogP) is 1.84. The summed E-state index contributed by atoms with van der Waals surface area (Å²) in [7, 11) is 0. The molecule has 1 aliphatic heterocycles. The normalized spacial score (nSPS) is 18.1. The zero-order chi connectivity index (χ0) is 21.9. The highest BCUT2D eigenvalue weighted by atomic mass is 16.6. The van der Waals surface area contributed by atoms with Crippen LogP contribution in [0.3, 0.4) is 0 Å². The summed E-state index contributed by atoms with van der Waals surface area (Å²) < 4.78 is 5.09. The van der Waals surface area contributed by atoms with Crippen LogP contribution in [0.1, 0.15) is 31.2 Å². The van der Waals surface area contributed by atoms with Crippen molar-refractivity contribution in [1.29, 1.82) is 0 Å². The van der Waals surface area contributed by atoms with Crippen molar-refractivity contribution in [2.24, 2.45) is 0 Å². The van der Waals surface area contributed by atoms with Gasteiger partial charge in [0.25, 0.3) is 0 Å². The van der Waals surface area contributed by atoms with Gasteiger partial charge in [-0.25, -0.2) is 0 Å². The Morgan fingerprint density at radius 3 is 2.93 bits per heavy atom. The van der Waals surface area contributed by atoms with E-state index < -0.39 is 17.0 Å². The minimum atomic E-state index is -0.942. The van der Waals surface area contributed by atoms with Crippen molar-refractivity contribution in [3.63, 3.8) is 0 Å². The summed E-state index contributed by atoms with van der Waals surface area (Å²) in [5, 5.41) is 29.4. The molecule has 2 N–H and O–H groups in total. The average molecular weight is 419 g/mol. The van der Waals surface area contributed by atoms with Crippen LogP contribution in [-0.2, 0) is 20.7 Å². The van der Waals surface area contributed by atoms with Crippen LogP contribution in [0.25, 0.3) is 0 Å². The lowest BCUT2D eigenvalue weighted by molar-refractivity contribution is -0.389. The second-order valence-corrected chi connectivity index (χ2v) is 6.83. The van der Waals surface area contributed by atoms with Crippen molar-refractivity contribution in [2.45, 2.75) is 44.2 Å². The number of nitrogens with zero attached hydrogens (tertiary/aromatic N) is 3. The lowest BCUT2D eigenvalue weighted by Crippen LogP contribution is -2.42. The highest BCUT2D eigenvalue weighted by Gasteiger charge is 2.25. The number of carboxylic acids is 1. The van der Waals surface area contributed by atoms with Gasteiger partial charge in [-0.15, -0.1) is 0 Å². The highest BCUT2D eigenvalue weighted by molar-refractivity contribution is 5.77. The van der Waals surface area contributed by atoms with Crippen LogP contribution in [0.2, 0.25) is 0 Å². The molecule has 10 heteroatoms. The Bertz CT molecular complexity index is 792. The number of nitro groups is 1. The number of piperidine rings is 1. The van der Waals surface area contributed by atoms with E-state index in [0.29, 0.717) is 18.5 Å². The molecule has 2 heterocycles. The molecule has 0 saturated carbocycles. The zero-order valence-electron chi connectivity index (χ0n) is 16.4. The number of hydrogen-bond donors (Lipinski definition) is 2. The first-order valence-electron chi connectivity index (χ1n) is 9.60. The quantitative estimate of drug-likeness (QED) is 0.182. The number of ether oxygens (including phenoxy) is 1. The van der Waals surface area contributed by atoms with Crippen molar-refractivity contribution in [3.8, 4) is 0 Å². The van der Waals surface area contributed by atoms with E-state index in [0.717, 1.165) is 12.8 Å². The molecular formula is C20H25N3O7. The van der Waals surface area contributed by atoms with E-state index in [1.165, 1.54) is 18.5 Å². The Hall–Kier alpha value is -3.27. The van der Waals surface area contributed by atoms with Crippen LogP contribution in [0.15, 0.2) is 42.8 Å². The molecule has 0 radical (unpaired) electrons. The minimum Gasteiger partial charge on any atom is -0.501 e. The molecular weight excluding hydrogens is 394 g/mol. The number of likely N-dealkylation sites (tertiary alicyclic amines) is 1. The van der Waals surface area contributed by atoms with E-state index in [4.69, 9.17) is 9.84 Å². The number of carboxylic acid groups (broad SMARTS) is 1. The number of carbonyl (C=O) groups excluding carboxylic acids is 1.